The zero-order chi connectivity index (χ0) is 13.1. The third-order valence-corrected chi connectivity index (χ3v) is 4.43. The van der Waals surface area contributed by atoms with E-state index in [9.17, 15) is 9.59 Å². The molecule has 1 aliphatic heterocycles. The van der Waals surface area contributed by atoms with Crippen LogP contribution in [0.4, 0.5) is 0 Å². The summed E-state index contributed by atoms with van der Waals surface area (Å²) >= 11 is 1.51. The lowest BCUT2D eigenvalue weighted by Crippen LogP contribution is -2.36. The molecule has 1 fully saturated rings. The standard InChI is InChI=1S/C14H19NO2S/c1-3-11-6-8-18-13(11)14(17)15-7-4-5-12(15)9-10(2)16/h6,8,12H,3-5,7,9H2,1-2H3. The quantitative estimate of drug-likeness (QED) is 0.839. The molecular formula is C14H19NO2S. The van der Waals surface area contributed by atoms with Gasteiger partial charge in [-0.05, 0) is 43.2 Å². The lowest BCUT2D eigenvalue weighted by atomic mass is 10.1. The molecule has 0 saturated carbocycles. The maximum absolute atomic E-state index is 12.5. The molecule has 0 N–H and O–H groups in total. The van der Waals surface area contributed by atoms with E-state index >= 15 is 0 Å². The fraction of sp³-hybridized carbons (Fsp3) is 0.571. The molecule has 2 rings (SSSR count). The highest BCUT2D eigenvalue weighted by molar-refractivity contribution is 7.12. The minimum atomic E-state index is 0.113. The molecule has 98 valence electrons. The van der Waals surface area contributed by atoms with Crippen LogP contribution in [0, 0.1) is 0 Å². The van der Waals surface area contributed by atoms with Crippen molar-refractivity contribution in [1.29, 1.82) is 0 Å². The van der Waals surface area contributed by atoms with Crippen molar-refractivity contribution < 1.29 is 9.59 Å². The topological polar surface area (TPSA) is 37.4 Å². The number of ketones is 1. The molecule has 2 heterocycles. The van der Waals surface area contributed by atoms with Crippen molar-refractivity contribution >= 4 is 23.0 Å². The molecule has 1 atom stereocenters. The largest absolute Gasteiger partial charge is 0.335 e. The second-order valence-corrected chi connectivity index (χ2v) is 5.75. The van der Waals surface area contributed by atoms with Gasteiger partial charge in [0, 0.05) is 19.0 Å². The van der Waals surface area contributed by atoms with Gasteiger partial charge in [-0.15, -0.1) is 11.3 Å². The lowest BCUT2D eigenvalue weighted by molar-refractivity contribution is -0.117. The number of thiophene rings is 1. The Morgan fingerprint density at radius 1 is 1.50 bits per heavy atom. The van der Waals surface area contributed by atoms with Crippen LogP contribution in [0.15, 0.2) is 11.4 Å². The summed E-state index contributed by atoms with van der Waals surface area (Å²) in [4.78, 5) is 26.5. The minimum absolute atomic E-state index is 0.113. The molecule has 1 saturated heterocycles. The van der Waals surface area contributed by atoms with E-state index in [1.54, 1.807) is 6.92 Å². The van der Waals surface area contributed by atoms with Crippen LogP contribution in [-0.2, 0) is 11.2 Å². The van der Waals surface area contributed by atoms with Gasteiger partial charge in [-0.3, -0.25) is 9.59 Å². The molecule has 0 aromatic carbocycles. The number of aryl methyl sites for hydroxylation is 1. The Morgan fingerprint density at radius 2 is 2.28 bits per heavy atom. The number of hydrogen-bond donors (Lipinski definition) is 0. The van der Waals surface area contributed by atoms with Crippen molar-refractivity contribution in [3.8, 4) is 0 Å². The van der Waals surface area contributed by atoms with Crippen molar-refractivity contribution in [2.24, 2.45) is 0 Å². The lowest BCUT2D eigenvalue weighted by Gasteiger charge is -2.23. The summed E-state index contributed by atoms with van der Waals surface area (Å²) in [7, 11) is 0. The monoisotopic (exact) mass is 265 g/mol. The Kier molecular flexibility index (Phi) is 4.17. The van der Waals surface area contributed by atoms with Crippen LogP contribution in [-0.4, -0.2) is 29.2 Å². The number of rotatable bonds is 4. The van der Waals surface area contributed by atoms with E-state index in [1.807, 2.05) is 16.3 Å². The number of hydrogen-bond acceptors (Lipinski definition) is 3. The van der Waals surface area contributed by atoms with Crippen molar-refractivity contribution in [2.75, 3.05) is 6.54 Å². The van der Waals surface area contributed by atoms with Gasteiger partial charge in [0.05, 0.1) is 4.88 Å². The third kappa shape index (κ3) is 2.64. The van der Waals surface area contributed by atoms with Crippen LogP contribution in [0.3, 0.4) is 0 Å². The van der Waals surface area contributed by atoms with Gasteiger partial charge in [0.15, 0.2) is 0 Å². The van der Waals surface area contributed by atoms with Gasteiger partial charge >= 0.3 is 0 Å². The van der Waals surface area contributed by atoms with Crippen LogP contribution in [0.2, 0.25) is 0 Å². The second-order valence-electron chi connectivity index (χ2n) is 4.83. The summed E-state index contributed by atoms with van der Waals surface area (Å²) in [6.07, 6.45) is 3.35. The number of amides is 1. The average Bonchev–Trinajstić information content (AvgIpc) is 2.95. The van der Waals surface area contributed by atoms with Gasteiger partial charge in [-0.25, -0.2) is 0 Å². The molecule has 0 spiro atoms. The summed E-state index contributed by atoms with van der Waals surface area (Å²) in [6.45, 7) is 4.46. The molecule has 1 aliphatic rings. The van der Waals surface area contributed by atoms with Crippen molar-refractivity contribution in [3.05, 3.63) is 21.9 Å². The van der Waals surface area contributed by atoms with E-state index in [1.165, 1.54) is 11.3 Å². The zero-order valence-electron chi connectivity index (χ0n) is 10.9. The Labute approximate surface area is 112 Å². The van der Waals surface area contributed by atoms with Crippen molar-refractivity contribution in [1.82, 2.24) is 4.90 Å². The van der Waals surface area contributed by atoms with Gasteiger partial charge < -0.3 is 4.90 Å². The van der Waals surface area contributed by atoms with E-state index in [-0.39, 0.29) is 17.7 Å². The molecule has 1 unspecified atom stereocenters. The van der Waals surface area contributed by atoms with Gasteiger partial charge in [-0.2, -0.15) is 0 Å². The van der Waals surface area contributed by atoms with Crippen LogP contribution >= 0.6 is 11.3 Å². The predicted molar refractivity (Wildman–Crippen MR) is 73.1 cm³/mol. The third-order valence-electron chi connectivity index (χ3n) is 3.48. The Bertz CT molecular complexity index is 452. The normalized spacial score (nSPS) is 19.2. The predicted octanol–water partition coefficient (Wildman–Crippen LogP) is 2.89. The van der Waals surface area contributed by atoms with E-state index in [0.717, 1.165) is 36.2 Å². The summed E-state index contributed by atoms with van der Waals surface area (Å²) in [5, 5.41) is 1.97. The first-order valence-corrected chi connectivity index (χ1v) is 7.38. The van der Waals surface area contributed by atoms with Gasteiger partial charge in [0.2, 0.25) is 0 Å². The highest BCUT2D eigenvalue weighted by atomic mass is 32.1. The number of carbonyl (C=O) groups is 2. The average molecular weight is 265 g/mol. The Hall–Kier alpha value is -1.16. The zero-order valence-corrected chi connectivity index (χ0v) is 11.8. The molecule has 1 aromatic rings. The Morgan fingerprint density at radius 3 is 2.94 bits per heavy atom. The maximum atomic E-state index is 12.5. The molecule has 4 heteroatoms. The van der Waals surface area contributed by atoms with Gasteiger partial charge in [0.1, 0.15) is 5.78 Å². The SMILES string of the molecule is CCc1ccsc1C(=O)N1CCCC1CC(C)=O. The fourth-order valence-corrected chi connectivity index (χ4v) is 3.53. The molecule has 0 bridgehead atoms. The first kappa shape index (κ1) is 13.3. The summed E-state index contributed by atoms with van der Waals surface area (Å²) in [5.74, 6) is 0.284. The van der Waals surface area contributed by atoms with E-state index < -0.39 is 0 Å². The number of carbonyl (C=O) groups excluding carboxylic acids is 2. The van der Waals surface area contributed by atoms with Crippen molar-refractivity contribution in [3.63, 3.8) is 0 Å². The summed E-state index contributed by atoms with van der Waals surface area (Å²) in [6, 6.07) is 2.13. The van der Waals surface area contributed by atoms with E-state index in [4.69, 9.17) is 0 Å². The molecular weight excluding hydrogens is 246 g/mol. The van der Waals surface area contributed by atoms with Crippen LogP contribution in [0.5, 0.6) is 0 Å². The molecule has 18 heavy (non-hydrogen) atoms. The Balaban J connectivity index is 2.15. The highest BCUT2D eigenvalue weighted by Crippen LogP contribution is 2.26. The van der Waals surface area contributed by atoms with Crippen LogP contribution in [0.25, 0.3) is 0 Å². The molecule has 0 aliphatic carbocycles. The van der Waals surface area contributed by atoms with E-state index in [0.29, 0.717) is 6.42 Å². The van der Waals surface area contributed by atoms with Gasteiger partial charge in [0.25, 0.3) is 5.91 Å². The maximum Gasteiger partial charge on any atom is 0.264 e. The van der Waals surface area contributed by atoms with Gasteiger partial charge in [-0.1, -0.05) is 6.92 Å². The molecule has 1 amide bonds. The molecule has 1 aromatic heterocycles. The van der Waals surface area contributed by atoms with Crippen molar-refractivity contribution in [2.45, 2.75) is 45.6 Å². The number of nitrogens with zero attached hydrogens (tertiary/aromatic N) is 1. The van der Waals surface area contributed by atoms with Crippen LogP contribution < -0.4 is 0 Å². The highest BCUT2D eigenvalue weighted by Gasteiger charge is 2.31. The first-order chi connectivity index (χ1) is 8.63. The second kappa shape index (κ2) is 5.65. The summed E-state index contributed by atoms with van der Waals surface area (Å²) < 4.78 is 0. The molecule has 0 radical (unpaired) electrons. The smallest absolute Gasteiger partial charge is 0.264 e. The first-order valence-electron chi connectivity index (χ1n) is 6.50. The molecule has 3 nitrogen and oxygen atoms in total. The van der Waals surface area contributed by atoms with Crippen LogP contribution in [0.1, 0.15) is 48.3 Å². The summed E-state index contributed by atoms with van der Waals surface area (Å²) in [5.41, 5.74) is 1.12. The van der Waals surface area contributed by atoms with E-state index in [2.05, 4.69) is 6.92 Å². The minimum Gasteiger partial charge on any atom is -0.335 e. The fourth-order valence-electron chi connectivity index (χ4n) is 2.58. The number of Topliss-reactive ketones (excluding diaryl/α,β-unsaturated/α-hetero) is 1. The number of likely N-dealkylation sites (tertiary alicyclic amines) is 1.